The van der Waals surface area contributed by atoms with Gasteiger partial charge in [0, 0.05) is 38.4 Å². The zero-order chi connectivity index (χ0) is 20.8. The Hall–Kier alpha value is -2.98. The van der Waals surface area contributed by atoms with Gasteiger partial charge in [-0.25, -0.2) is 8.78 Å². The lowest BCUT2D eigenvalue weighted by Gasteiger charge is -2.36. The summed E-state index contributed by atoms with van der Waals surface area (Å²) in [5, 5.41) is 0. The molecule has 1 fully saturated rings. The molecule has 1 aliphatic rings. The van der Waals surface area contributed by atoms with E-state index in [0.29, 0.717) is 0 Å². The van der Waals surface area contributed by atoms with E-state index in [9.17, 15) is 8.78 Å². The van der Waals surface area contributed by atoms with E-state index >= 15 is 0 Å². The van der Waals surface area contributed by atoms with Gasteiger partial charge in [-0.2, -0.15) is 0 Å². The van der Waals surface area contributed by atoms with Gasteiger partial charge in [0.05, 0.1) is 0 Å². The highest BCUT2D eigenvalue weighted by Gasteiger charge is 2.16. The van der Waals surface area contributed by atoms with Crippen molar-refractivity contribution >= 4 is 11.3 Å². The van der Waals surface area contributed by atoms with Gasteiger partial charge in [-0.1, -0.05) is 48.5 Å². The third kappa shape index (κ3) is 5.14. The van der Waals surface area contributed by atoms with Crippen molar-refractivity contribution in [2.24, 2.45) is 0 Å². The molecule has 1 heterocycles. The Balaban J connectivity index is 1.41. The SMILES string of the molecule is Fc1ccc(C(=CCCN2CCN(c3ccccc3)CC2)c2ccc(F)cc2)cc1. The Labute approximate surface area is 177 Å². The van der Waals surface area contributed by atoms with E-state index in [1.165, 1.54) is 30.0 Å². The fourth-order valence-corrected chi connectivity index (χ4v) is 3.92. The van der Waals surface area contributed by atoms with Gasteiger partial charge in [-0.15, -0.1) is 0 Å². The number of hydrogen-bond donors (Lipinski definition) is 0. The zero-order valence-electron chi connectivity index (χ0n) is 17.0. The summed E-state index contributed by atoms with van der Waals surface area (Å²) in [7, 11) is 0. The minimum absolute atomic E-state index is 0.256. The van der Waals surface area contributed by atoms with E-state index in [1.54, 1.807) is 24.3 Å². The smallest absolute Gasteiger partial charge is 0.123 e. The predicted molar refractivity (Wildman–Crippen MR) is 120 cm³/mol. The predicted octanol–water partition coefficient (Wildman–Crippen LogP) is 5.61. The number of anilines is 1. The van der Waals surface area contributed by atoms with E-state index < -0.39 is 0 Å². The fraction of sp³-hybridized carbons (Fsp3) is 0.231. The van der Waals surface area contributed by atoms with E-state index in [2.05, 4.69) is 40.1 Å². The van der Waals surface area contributed by atoms with Crippen LogP contribution in [0.15, 0.2) is 84.9 Å². The minimum atomic E-state index is -0.256. The van der Waals surface area contributed by atoms with Crippen molar-refractivity contribution in [1.82, 2.24) is 4.90 Å². The van der Waals surface area contributed by atoms with Crippen molar-refractivity contribution in [1.29, 1.82) is 0 Å². The summed E-state index contributed by atoms with van der Waals surface area (Å²) >= 11 is 0. The van der Waals surface area contributed by atoms with Gasteiger partial charge < -0.3 is 4.90 Å². The second-order valence-electron chi connectivity index (χ2n) is 7.58. The molecule has 0 atom stereocenters. The number of nitrogens with zero attached hydrogens (tertiary/aromatic N) is 2. The summed E-state index contributed by atoms with van der Waals surface area (Å²) in [5.41, 5.74) is 4.18. The standard InChI is InChI=1S/C26H26F2N2/c27-23-12-8-21(9-13-23)26(22-10-14-24(28)15-11-22)7-4-16-29-17-19-30(20-18-29)25-5-2-1-3-6-25/h1-3,5-15H,4,16-20H2. The molecule has 0 N–H and O–H groups in total. The van der Waals surface area contributed by atoms with E-state index in [1.807, 2.05) is 6.07 Å². The first-order valence-electron chi connectivity index (χ1n) is 10.4. The highest BCUT2D eigenvalue weighted by Crippen LogP contribution is 2.25. The van der Waals surface area contributed by atoms with Gasteiger partial charge in [0.1, 0.15) is 11.6 Å². The molecule has 4 rings (SSSR count). The topological polar surface area (TPSA) is 6.48 Å². The van der Waals surface area contributed by atoms with Crippen molar-refractivity contribution < 1.29 is 8.78 Å². The first-order valence-corrected chi connectivity index (χ1v) is 10.4. The molecule has 154 valence electrons. The van der Waals surface area contributed by atoms with Crippen LogP contribution in [-0.2, 0) is 0 Å². The lowest BCUT2D eigenvalue weighted by Crippen LogP contribution is -2.46. The van der Waals surface area contributed by atoms with Crippen molar-refractivity contribution in [2.45, 2.75) is 6.42 Å². The van der Waals surface area contributed by atoms with Crippen LogP contribution < -0.4 is 4.90 Å². The molecule has 0 bridgehead atoms. The highest BCUT2D eigenvalue weighted by molar-refractivity contribution is 5.79. The summed E-state index contributed by atoms with van der Waals surface area (Å²) in [6.07, 6.45) is 3.07. The summed E-state index contributed by atoms with van der Waals surface area (Å²) in [6, 6.07) is 23.5. The molecular formula is C26H26F2N2. The molecule has 1 aliphatic heterocycles. The average molecular weight is 405 g/mol. The van der Waals surface area contributed by atoms with Crippen LogP contribution >= 0.6 is 0 Å². The average Bonchev–Trinajstić information content (AvgIpc) is 2.79. The Morgan fingerprint density at radius 2 is 1.23 bits per heavy atom. The molecule has 0 aromatic heterocycles. The van der Waals surface area contributed by atoms with Crippen LogP contribution in [0.25, 0.3) is 5.57 Å². The van der Waals surface area contributed by atoms with E-state index in [-0.39, 0.29) is 11.6 Å². The largest absolute Gasteiger partial charge is 0.369 e. The van der Waals surface area contributed by atoms with E-state index in [4.69, 9.17) is 0 Å². The normalized spacial score (nSPS) is 14.5. The summed E-state index contributed by atoms with van der Waals surface area (Å²) < 4.78 is 26.7. The van der Waals surface area contributed by atoms with Crippen molar-refractivity contribution in [3.05, 3.63) is 108 Å². The van der Waals surface area contributed by atoms with Crippen LogP contribution in [-0.4, -0.2) is 37.6 Å². The number of halogens is 2. The zero-order valence-corrected chi connectivity index (χ0v) is 17.0. The minimum Gasteiger partial charge on any atom is -0.369 e. The monoisotopic (exact) mass is 404 g/mol. The van der Waals surface area contributed by atoms with Gasteiger partial charge in [0.15, 0.2) is 0 Å². The van der Waals surface area contributed by atoms with Crippen LogP contribution in [0.1, 0.15) is 17.5 Å². The molecular weight excluding hydrogens is 378 g/mol. The molecule has 4 heteroatoms. The molecule has 3 aromatic carbocycles. The first kappa shape index (κ1) is 20.3. The second kappa shape index (κ2) is 9.68. The number of para-hydroxylation sites is 1. The summed E-state index contributed by atoms with van der Waals surface area (Å²) in [6.45, 7) is 5.08. The molecule has 30 heavy (non-hydrogen) atoms. The summed E-state index contributed by atoms with van der Waals surface area (Å²) in [5.74, 6) is -0.512. The maximum absolute atomic E-state index is 13.4. The number of hydrogen-bond acceptors (Lipinski definition) is 2. The molecule has 0 unspecified atom stereocenters. The molecule has 3 aromatic rings. The second-order valence-corrected chi connectivity index (χ2v) is 7.58. The number of piperazine rings is 1. The van der Waals surface area contributed by atoms with Gasteiger partial charge in [-0.05, 0) is 59.5 Å². The van der Waals surface area contributed by atoms with Crippen LogP contribution in [0.3, 0.4) is 0 Å². The van der Waals surface area contributed by atoms with Crippen LogP contribution in [0.2, 0.25) is 0 Å². The van der Waals surface area contributed by atoms with Gasteiger partial charge in [0.2, 0.25) is 0 Å². The third-order valence-electron chi connectivity index (χ3n) is 5.60. The summed E-state index contributed by atoms with van der Waals surface area (Å²) in [4.78, 5) is 4.90. The maximum Gasteiger partial charge on any atom is 0.123 e. The van der Waals surface area contributed by atoms with Crippen molar-refractivity contribution in [3.63, 3.8) is 0 Å². The van der Waals surface area contributed by atoms with Gasteiger partial charge in [0.25, 0.3) is 0 Å². The fourth-order valence-electron chi connectivity index (χ4n) is 3.92. The molecule has 0 amide bonds. The lowest BCUT2D eigenvalue weighted by atomic mass is 9.96. The quantitative estimate of drug-likeness (QED) is 0.527. The Bertz CT molecular complexity index is 911. The van der Waals surface area contributed by atoms with Gasteiger partial charge in [-0.3, -0.25) is 4.90 Å². The van der Waals surface area contributed by atoms with E-state index in [0.717, 1.165) is 55.8 Å². The van der Waals surface area contributed by atoms with Crippen molar-refractivity contribution in [3.8, 4) is 0 Å². The molecule has 1 saturated heterocycles. The van der Waals surface area contributed by atoms with Crippen LogP contribution in [0, 0.1) is 11.6 Å². The van der Waals surface area contributed by atoms with Crippen molar-refractivity contribution in [2.75, 3.05) is 37.6 Å². The number of benzene rings is 3. The molecule has 0 aliphatic carbocycles. The van der Waals surface area contributed by atoms with Crippen LogP contribution in [0.5, 0.6) is 0 Å². The Morgan fingerprint density at radius 3 is 1.77 bits per heavy atom. The van der Waals surface area contributed by atoms with Crippen LogP contribution in [0.4, 0.5) is 14.5 Å². The number of rotatable bonds is 6. The molecule has 0 saturated carbocycles. The first-order chi connectivity index (χ1) is 14.7. The molecule has 0 spiro atoms. The molecule has 2 nitrogen and oxygen atoms in total. The lowest BCUT2D eigenvalue weighted by molar-refractivity contribution is 0.262. The molecule has 0 radical (unpaired) electrons. The third-order valence-corrected chi connectivity index (χ3v) is 5.60. The Kier molecular flexibility index (Phi) is 6.55. The Morgan fingerprint density at radius 1 is 0.700 bits per heavy atom. The maximum atomic E-state index is 13.4. The van der Waals surface area contributed by atoms with Gasteiger partial charge >= 0.3 is 0 Å². The highest BCUT2D eigenvalue weighted by atomic mass is 19.1.